The van der Waals surface area contributed by atoms with E-state index in [0.717, 1.165) is 24.6 Å². The van der Waals surface area contributed by atoms with Crippen LogP contribution in [0.1, 0.15) is 69.8 Å². The number of hydroxylamine groups is 2. The fourth-order valence-corrected chi connectivity index (χ4v) is 3.31. The smallest absolute Gasteiger partial charge is 0.133 e. The minimum atomic E-state index is -0.136. The minimum Gasteiger partial charge on any atom is -0.293 e. The lowest BCUT2D eigenvalue weighted by Gasteiger charge is -2.41. The van der Waals surface area contributed by atoms with Crippen LogP contribution in [0.3, 0.4) is 0 Å². The highest BCUT2D eigenvalue weighted by atomic mass is 35.5. The van der Waals surface area contributed by atoms with Gasteiger partial charge >= 0.3 is 0 Å². The molecule has 21 heavy (non-hydrogen) atoms. The van der Waals surface area contributed by atoms with E-state index in [1.807, 2.05) is 11.1 Å². The third-order valence-electron chi connectivity index (χ3n) is 4.12. The number of nitrogens with zero attached hydrogens (tertiary/aromatic N) is 3. The predicted octanol–water partition coefficient (Wildman–Crippen LogP) is 3.92. The molecule has 1 saturated heterocycles. The number of hydrogen-bond donors (Lipinski definition) is 0. The van der Waals surface area contributed by atoms with Crippen LogP contribution in [-0.2, 0) is 4.84 Å². The lowest BCUT2D eigenvalue weighted by Crippen LogP contribution is -2.48. The summed E-state index contributed by atoms with van der Waals surface area (Å²) in [6.07, 6.45) is 4.96. The van der Waals surface area contributed by atoms with Gasteiger partial charge in [0.05, 0.1) is 11.3 Å². The molecule has 1 saturated carbocycles. The van der Waals surface area contributed by atoms with Crippen molar-refractivity contribution in [3.05, 3.63) is 22.7 Å². The van der Waals surface area contributed by atoms with E-state index >= 15 is 0 Å². The average molecular weight is 310 g/mol. The van der Waals surface area contributed by atoms with Crippen molar-refractivity contribution in [2.24, 2.45) is 0 Å². The van der Waals surface area contributed by atoms with E-state index in [1.54, 1.807) is 0 Å². The Balaban J connectivity index is 1.66. The summed E-state index contributed by atoms with van der Waals surface area (Å²) in [5, 5.41) is 2.59. The summed E-state index contributed by atoms with van der Waals surface area (Å²) in [5.41, 5.74) is 0.939. The molecule has 5 heteroatoms. The van der Waals surface area contributed by atoms with Gasteiger partial charge in [0.25, 0.3) is 0 Å². The van der Waals surface area contributed by atoms with Crippen molar-refractivity contribution in [2.45, 2.75) is 63.9 Å². The van der Waals surface area contributed by atoms with E-state index in [2.05, 4.69) is 25.8 Å². The zero-order valence-electron chi connectivity index (χ0n) is 13.1. The second kappa shape index (κ2) is 5.82. The standard InChI is InChI=1S/C16H24ClN3O/c1-16(2,3)21-20-9-12(10-20)13-8-14(17)19-15(18-13)11-6-4-5-7-11/h8,11-12H,4-7,9-10H2,1-3H3. The maximum absolute atomic E-state index is 6.20. The quantitative estimate of drug-likeness (QED) is 0.793. The first-order valence-corrected chi connectivity index (χ1v) is 8.27. The van der Waals surface area contributed by atoms with Gasteiger partial charge in [-0.3, -0.25) is 4.84 Å². The molecule has 1 aromatic heterocycles. The molecule has 0 radical (unpaired) electrons. The largest absolute Gasteiger partial charge is 0.293 e. The Kier molecular flexibility index (Phi) is 4.21. The average Bonchev–Trinajstić information content (AvgIpc) is 2.85. The first-order chi connectivity index (χ1) is 9.90. The van der Waals surface area contributed by atoms with Crippen molar-refractivity contribution in [1.29, 1.82) is 0 Å². The zero-order valence-corrected chi connectivity index (χ0v) is 13.9. The van der Waals surface area contributed by atoms with Crippen molar-refractivity contribution in [1.82, 2.24) is 15.0 Å². The van der Waals surface area contributed by atoms with Gasteiger partial charge in [0.1, 0.15) is 11.0 Å². The second-order valence-electron chi connectivity index (χ2n) is 7.20. The second-order valence-corrected chi connectivity index (χ2v) is 7.59. The molecule has 0 amide bonds. The van der Waals surface area contributed by atoms with Crippen LogP contribution in [0, 0.1) is 0 Å². The number of hydrogen-bond acceptors (Lipinski definition) is 4. The molecular formula is C16H24ClN3O. The molecule has 3 rings (SSSR count). The molecule has 4 nitrogen and oxygen atoms in total. The Bertz CT molecular complexity index is 503. The molecule has 0 bridgehead atoms. The van der Waals surface area contributed by atoms with Crippen LogP contribution in [0.25, 0.3) is 0 Å². The van der Waals surface area contributed by atoms with E-state index in [0.29, 0.717) is 17.0 Å². The van der Waals surface area contributed by atoms with Crippen LogP contribution in [0.2, 0.25) is 5.15 Å². The summed E-state index contributed by atoms with van der Waals surface area (Å²) < 4.78 is 0. The maximum Gasteiger partial charge on any atom is 0.133 e. The molecule has 0 N–H and O–H groups in total. The van der Waals surface area contributed by atoms with Crippen molar-refractivity contribution in [3.8, 4) is 0 Å². The van der Waals surface area contributed by atoms with Gasteiger partial charge in [-0.25, -0.2) is 9.97 Å². The van der Waals surface area contributed by atoms with Crippen molar-refractivity contribution < 1.29 is 4.84 Å². The van der Waals surface area contributed by atoms with Gasteiger partial charge in [-0.15, -0.1) is 0 Å². The SMILES string of the molecule is CC(C)(C)ON1CC(c2cc(Cl)nc(C3CCCC3)n2)C1. The summed E-state index contributed by atoms with van der Waals surface area (Å²) in [7, 11) is 0. The molecular weight excluding hydrogens is 286 g/mol. The maximum atomic E-state index is 6.20. The van der Waals surface area contributed by atoms with Crippen molar-refractivity contribution in [2.75, 3.05) is 13.1 Å². The van der Waals surface area contributed by atoms with Gasteiger partial charge in [-0.1, -0.05) is 24.4 Å². The summed E-state index contributed by atoms with van der Waals surface area (Å²) in [6, 6.07) is 1.92. The molecule has 2 aliphatic rings. The van der Waals surface area contributed by atoms with Gasteiger partial charge in [0, 0.05) is 24.9 Å². The molecule has 1 aromatic rings. The molecule has 116 valence electrons. The number of aromatic nitrogens is 2. The Morgan fingerprint density at radius 3 is 2.43 bits per heavy atom. The van der Waals surface area contributed by atoms with Crippen molar-refractivity contribution in [3.63, 3.8) is 0 Å². The van der Waals surface area contributed by atoms with Crippen LogP contribution in [0.15, 0.2) is 6.07 Å². The van der Waals surface area contributed by atoms with Gasteiger partial charge in [0.15, 0.2) is 0 Å². The molecule has 0 unspecified atom stereocenters. The summed E-state index contributed by atoms with van der Waals surface area (Å²) >= 11 is 6.20. The normalized spacial score (nSPS) is 21.7. The zero-order chi connectivity index (χ0) is 15.0. The van der Waals surface area contributed by atoms with Crippen LogP contribution in [-0.4, -0.2) is 33.7 Å². The summed E-state index contributed by atoms with van der Waals surface area (Å²) in [4.78, 5) is 15.1. The molecule has 1 aliphatic heterocycles. The van der Waals surface area contributed by atoms with Crippen LogP contribution in [0.4, 0.5) is 0 Å². The first kappa shape index (κ1) is 15.2. The van der Waals surface area contributed by atoms with E-state index in [4.69, 9.17) is 21.4 Å². The Hall–Kier alpha value is -0.710. The van der Waals surface area contributed by atoms with Crippen LogP contribution in [0.5, 0.6) is 0 Å². The highest BCUT2D eigenvalue weighted by Gasteiger charge is 2.34. The van der Waals surface area contributed by atoms with Crippen LogP contribution < -0.4 is 0 Å². The monoisotopic (exact) mass is 309 g/mol. The lowest BCUT2D eigenvalue weighted by molar-refractivity contribution is -0.264. The fraction of sp³-hybridized carbons (Fsp3) is 0.750. The van der Waals surface area contributed by atoms with E-state index in [-0.39, 0.29) is 5.60 Å². The highest BCUT2D eigenvalue weighted by molar-refractivity contribution is 6.29. The molecule has 1 aliphatic carbocycles. The van der Waals surface area contributed by atoms with Crippen LogP contribution >= 0.6 is 11.6 Å². The number of rotatable bonds is 3. The van der Waals surface area contributed by atoms with Gasteiger partial charge < -0.3 is 0 Å². The first-order valence-electron chi connectivity index (χ1n) is 7.89. The molecule has 2 heterocycles. The fourth-order valence-electron chi connectivity index (χ4n) is 3.12. The third kappa shape index (κ3) is 3.74. The van der Waals surface area contributed by atoms with Crippen molar-refractivity contribution >= 4 is 11.6 Å². The Labute approximate surface area is 131 Å². The summed E-state index contributed by atoms with van der Waals surface area (Å²) in [6.45, 7) is 7.98. The topological polar surface area (TPSA) is 38.2 Å². The minimum absolute atomic E-state index is 0.136. The van der Waals surface area contributed by atoms with E-state index < -0.39 is 0 Å². The number of halogens is 1. The van der Waals surface area contributed by atoms with Gasteiger partial charge in [0.2, 0.25) is 0 Å². The van der Waals surface area contributed by atoms with Gasteiger partial charge in [-0.05, 0) is 39.7 Å². The molecule has 0 atom stereocenters. The van der Waals surface area contributed by atoms with E-state index in [9.17, 15) is 0 Å². The molecule has 0 spiro atoms. The van der Waals surface area contributed by atoms with E-state index in [1.165, 1.54) is 25.7 Å². The molecule has 0 aromatic carbocycles. The highest BCUT2D eigenvalue weighted by Crippen LogP contribution is 2.35. The predicted molar refractivity (Wildman–Crippen MR) is 83.4 cm³/mol. The Morgan fingerprint density at radius 1 is 1.14 bits per heavy atom. The van der Waals surface area contributed by atoms with Gasteiger partial charge in [-0.2, -0.15) is 5.06 Å². The summed E-state index contributed by atoms with van der Waals surface area (Å²) in [5.74, 6) is 1.86. The lowest BCUT2D eigenvalue weighted by atomic mass is 9.97. The Morgan fingerprint density at radius 2 is 1.81 bits per heavy atom. The molecule has 2 fully saturated rings. The third-order valence-corrected chi connectivity index (χ3v) is 4.32.